The molecule has 1 heterocycles. The normalized spacial score (nSPS) is 10.6. The van der Waals surface area contributed by atoms with Gasteiger partial charge in [-0.05, 0) is 35.0 Å². The van der Waals surface area contributed by atoms with E-state index in [1.165, 1.54) is 0 Å². The predicted octanol–water partition coefficient (Wildman–Crippen LogP) is 4.15. The summed E-state index contributed by atoms with van der Waals surface area (Å²) in [5.74, 6) is 1.19. The molecule has 0 unspecified atom stereocenters. The summed E-state index contributed by atoms with van der Waals surface area (Å²) in [7, 11) is 3.14. The van der Waals surface area contributed by atoms with Gasteiger partial charge in [0.1, 0.15) is 11.5 Å². The minimum atomic E-state index is -0.0275. The summed E-state index contributed by atoms with van der Waals surface area (Å²) in [4.78, 5) is 12.8. The molecule has 3 nitrogen and oxygen atoms in total. The summed E-state index contributed by atoms with van der Waals surface area (Å²) in [6.07, 6.45) is 0. The topological polar surface area (TPSA) is 35.5 Å². The number of carbonyl (C=O) groups is 1. The Kier molecular flexibility index (Phi) is 3.62. The van der Waals surface area contributed by atoms with Crippen LogP contribution in [0, 0.1) is 0 Å². The van der Waals surface area contributed by atoms with Crippen LogP contribution in [0.2, 0.25) is 0 Å². The molecule has 0 aliphatic rings. The Bertz CT molecular complexity index is 782. The van der Waals surface area contributed by atoms with Gasteiger partial charge in [0.25, 0.3) is 0 Å². The molecule has 1 aromatic heterocycles. The van der Waals surface area contributed by atoms with Crippen molar-refractivity contribution in [3.8, 4) is 11.5 Å². The minimum absolute atomic E-state index is 0.0275. The fourth-order valence-corrected chi connectivity index (χ4v) is 3.18. The van der Waals surface area contributed by atoms with Gasteiger partial charge in [-0.25, -0.2) is 0 Å². The molecule has 0 N–H and O–H groups in total. The van der Waals surface area contributed by atoms with Crippen LogP contribution in [0.25, 0.3) is 10.1 Å². The molecular weight excluding hydrogens is 284 g/mol. The van der Waals surface area contributed by atoms with Gasteiger partial charge in [-0.2, -0.15) is 0 Å². The number of methoxy groups -OCH3 is 2. The van der Waals surface area contributed by atoms with Gasteiger partial charge in [0.05, 0.1) is 14.2 Å². The predicted molar refractivity (Wildman–Crippen MR) is 84.8 cm³/mol. The molecule has 0 amide bonds. The summed E-state index contributed by atoms with van der Waals surface area (Å²) in [6.45, 7) is 0. The number of hydrogen-bond donors (Lipinski definition) is 0. The minimum Gasteiger partial charge on any atom is -0.497 e. The van der Waals surface area contributed by atoms with E-state index in [4.69, 9.17) is 9.47 Å². The average Bonchev–Trinajstić information content (AvgIpc) is 3.02. The molecule has 0 aliphatic carbocycles. The first-order valence-electron chi connectivity index (χ1n) is 6.47. The SMILES string of the molecule is COc1cc(OC)cc(C(=O)c2cccc3ccsc23)c1. The van der Waals surface area contributed by atoms with Crippen molar-refractivity contribution in [1.82, 2.24) is 0 Å². The largest absolute Gasteiger partial charge is 0.497 e. The van der Waals surface area contributed by atoms with Gasteiger partial charge in [-0.15, -0.1) is 11.3 Å². The number of ether oxygens (including phenoxy) is 2. The van der Waals surface area contributed by atoms with Crippen LogP contribution in [0.15, 0.2) is 47.8 Å². The average molecular weight is 298 g/mol. The smallest absolute Gasteiger partial charge is 0.194 e. The first-order chi connectivity index (χ1) is 10.2. The van der Waals surface area contributed by atoms with E-state index in [2.05, 4.69) is 0 Å². The summed E-state index contributed by atoms with van der Waals surface area (Å²) < 4.78 is 11.5. The summed E-state index contributed by atoms with van der Waals surface area (Å²) in [5.41, 5.74) is 1.27. The Morgan fingerprint density at radius 3 is 2.38 bits per heavy atom. The lowest BCUT2D eigenvalue weighted by Gasteiger charge is -2.08. The van der Waals surface area contributed by atoms with Gasteiger partial charge in [-0.3, -0.25) is 4.79 Å². The van der Waals surface area contributed by atoms with Crippen LogP contribution >= 0.6 is 11.3 Å². The molecule has 3 rings (SSSR count). The molecule has 0 saturated heterocycles. The number of benzene rings is 2. The molecule has 3 aromatic rings. The highest BCUT2D eigenvalue weighted by Gasteiger charge is 2.15. The van der Waals surface area contributed by atoms with Crippen molar-refractivity contribution in [2.24, 2.45) is 0 Å². The lowest BCUT2D eigenvalue weighted by Crippen LogP contribution is -2.02. The monoisotopic (exact) mass is 298 g/mol. The number of hydrogen-bond acceptors (Lipinski definition) is 4. The fraction of sp³-hybridized carbons (Fsp3) is 0.118. The molecule has 0 saturated carbocycles. The van der Waals surface area contributed by atoms with E-state index in [-0.39, 0.29) is 5.78 Å². The van der Waals surface area contributed by atoms with Gasteiger partial charge in [0.15, 0.2) is 5.78 Å². The van der Waals surface area contributed by atoms with Gasteiger partial charge < -0.3 is 9.47 Å². The second kappa shape index (κ2) is 5.58. The van der Waals surface area contributed by atoms with Gasteiger partial charge in [-0.1, -0.05) is 12.1 Å². The van der Waals surface area contributed by atoms with Gasteiger partial charge in [0.2, 0.25) is 0 Å². The Balaban J connectivity index is 2.12. The number of fused-ring (bicyclic) bond motifs is 1. The molecule has 0 fully saturated rings. The third-order valence-electron chi connectivity index (χ3n) is 3.34. The maximum Gasteiger partial charge on any atom is 0.194 e. The molecule has 106 valence electrons. The Labute approximate surface area is 126 Å². The zero-order valence-electron chi connectivity index (χ0n) is 11.8. The van der Waals surface area contributed by atoms with Crippen molar-refractivity contribution in [2.75, 3.05) is 14.2 Å². The van der Waals surface area contributed by atoms with Crippen LogP contribution < -0.4 is 9.47 Å². The Hall–Kier alpha value is -2.33. The van der Waals surface area contributed by atoms with Gasteiger partial charge >= 0.3 is 0 Å². The molecule has 0 radical (unpaired) electrons. The molecule has 4 heteroatoms. The van der Waals surface area contributed by atoms with Crippen LogP contribution in [-0.2, 0) is 0 Å². The van der Waals surface area contributed by atoms with Crippen molar-refractivity contribution in [2.45, 2.75) is 0 Å². The first-order valence-corrected chi connectivity index (χ1v) is 7.35. The van der Waals surface area contributed by atoms with Crippen LogP contribution in [0.4, 0.5) is 0 Å². The van der Waals surface area contributed by atoms with Crippen LogP contribution in [0.5, 0.6) is 11.5 Å². The molecule has 0 atom stereocenters. The van der Waals surface area contributed by atoms with E-state index in [1.807, 2.05) is 29.6 Å². The van der Waals surface area contributed by atoms with Crippen molar-refractivity contribution in [3.63, 3.8) is 0 Å². The number of ketones is 1. The number of thiophene rings is 1. The van der Waals surface area contributed by atoms with Crippen molar-refractivity contribution in [3.05, 3.63) is 59.0 Å². The van der Waals surface area contributed by atoms with E-state index >= 15 is 0 Å². The van der Waals surface area contributed by atoms with E-state index in [9.17, 15) is 4.79 Å². The third kappa shape index (κ3) is 2.50. The summed E-state index contributed by atoms with van der Waals surface area (Å²) in [6, 6.07) is 13.0. The van der Waals surface area contributed by atoms with Crippen LogP contribution in [0.3, 0.4) is 0 Å². The molecule has 0 bridgehead atoms. The Morgan fingerprint density at radius 1 is 1.00 bits per heavy atom. The van der Waals surface area contributed by atoms with E-state index in [0.717, 1.165) is 10.1 Å². The van der Waals surface area contributed by atoms with Crippen LogP contribution in [-0.4, -0.2) is 20.0 Å². The summed E-state index contributed by atoms with van der Waals surface area (Å²) in [5, 5.41) is 3.08. The fourth-order valence-electron chi connectivity index (χ4n) is 2.27. The van der Waals surface area contributed by atoms with Crippen LogP contribution in [0.1, 0.15) is 15.9 Å². The maximum atomic E-state index is 12.8. The Morgan fingerprint density at radius 2 is 1.71 bits per heavy atom. The first kappa shape index (κ1) is 13.6. The second-order valence-corrected chi connectivity index (χ2v) is 5.49. The lowest BCUT2D eigenvalue weighted by molar-refractivity contribution is 0.103. The zero-order valence-corrected chi connectivity index (χ0v) is 12.6. The molecular formula is C17H14O3S. The highest BCUT2D eigenvalue weighted by atomic mass is 32.1. The summed E-state index contributed by atoms with van der Waals surface area (Å²) >= 11 is 1.57. The van der Waals surface area contributed by atoms with Crippen molar-refractivity contribution in [1.29, 1.82) is 0 Å². The third-order valence-corrected chi connectivity index (χ3v) is 4.30. The maximum absolute atomic E-state index is 12.8. The quantitative estimate of drug-likeness (QED) is 0.679. The van der Waals surface area contributed by atoms with E-state index in [0.29, 0.717) is 22.6 Å². The molecule has 21 heavy (non-hydrogen) atoms. The lowest BCUT2D eigenvalue weighted by atomic mass is 10.0. The number of rotatable bonds is 4. The molecule has 0 spiro atoms. The van der Waals surface area contributed by atoms with E-state index < -0.39 is 0 Å². The second-order valence-electron chi connectivity index (χ2n) is 4.57. The van der Waals surface area contributed by atoms with Crippen molar-refractivity contribution < 1.29 is 14.3 Å². The molecule has 0 aliphatic heterocycles. The molecule has 2 aromatic carbocycles. The number of carbonyl (C=O) groups excluding carboxylic acids is 1. The standard InChI is InChI=1S/C17H14O3S/c1-19-13-8-12(9-14(10-13)20-2)16(18)15-5-3-4-11-6-7-21-17(11)15/h3-10H,1-2H3. The van der Waals surface area contributed by atoms with Crippen molar-refractivity contribution >= 4 is 27.2 Å². The highest BCUT2D eigenvalue weighted by Crippen LogP contribution is 2.29. The zero-order chi connectivity index (χ0) is 14.8. The van der Waals surface area contributed by atoms with Gasteiger partial charge in [0, 0.05) is 21.9 Å². The highest BCUT2D eigenvalue weighted by molar-refractivity contribution is 7.17. The van der Waals surface area contributed by atoms with E-state index in [1.54, 1.807) is 43.8 Å².